The molecule has 0 aromatic heterocycles. The Balaban J connectivity index is 3.02. The maximum Gasteiger partial charge on any atom is 0.419 e. The SMILES string of the molecule is COc1ccc(CCCO)cc1C(F)(F)F. The second kappa shape index (κ2) is 5.21. The van der Waals surface area contributed by atoms with Crippen LogP contribution in [0.5, 0.6) is 5.75 Å². The first kappa shape index (κ1) is 12.8. The number of rotatable bonds is 4. The van der Waals surface area contributed by atoms with Crippen molar-refractivity contribution >= 4 is 0 Å². The molecule has 0 aliphatic heterocycles. The summed E-state index contributed by atoms with van der Waals surface area (Å²) in [7, 11) is 1.21. The van der Waals surface area contributed by atoms with Gasteiger partial charge in [-0.05, 0) is 30.5 Å². The minimum Gasteiger partial charge on any atom is -0.496 e. The molecule has 0 bridgehead atoms. The van der Waals surface area contributed by atoms with Crippen molar-refractivity contribution in [3.63, 3.8) is 0 Å². The van der Waals surface area contributed by atoms with Crippen LogP contribution in [0.3, 0.4) is 0 Å². The van der Waals surface area contributed by atoms with Crippen molar-refractivity contribution in [2.24, 2.45) is 0 Å². The highest BCUT2D eigenvalue weighted by atomic mass is 19.4. The Morgan fingerprint density at radius 3 is 2.50 bits per heavy atom. The van der Waals surface area contributed by atoms with E-state index >= 15 is 0 Å². The molecule has 0 saturated heterocycles. The van der Waals surface area contributed by atoms with Crippen LogP contribution in [-0.2, 0) is 12.6 Å². The van der Waals surface area contributed by atoms with E-state index in [-0.39, 0.29) is 12.4 Å². The first-order valence-electron chi connectivity index (χ1n) is 4.84. The van der Waals surface area contributed by atoms with Crippen molar-refractivity contribution in [2.45, 2.75) is 19.0 Å². The van der Waals surface area contributed by atoms with Gasteiger partial charge in [0.2, 0.25) is 0 Å². The largest absolute Gasteiger partial charge is 0.496 e. The lowest BCUT2D eigenvalue weighted by Crippen LogP contribution is -2.08. The zero-order valence-corrected chi connectivity index (χ0v) is 8.84. The maximum atomic E-state index is 12.6. The topological polar surface area (TPSA) is 29.5 Å². The smallest absolute Gasteiger partial charge is 0.419 e. The molecule has 0 atom stereocenters. The van der Waals surface area contributed by atoms with Gasteiger partial charge in [-0.3, -0.25) is 0 Å². The molecule has 0 amide bonds. The second-order valence-corrected chi connectivity index (χ2v) is 3.36. The zero-order valence-electron chi connectivity index (χ0n) is 8.84. The van der Waals surface area contributed by atoms with Crippen LogP contribution in [0.25, 0.3) is 0 Å². The summed E-state index contributed by atoms with van der Waals surface area (Å²) in [6, 6.07) is 3.94. The average Bonchev–Trinajstić information content (AvgIpc) is 2.24. The number of methoxy groups -OCH3 is 1. The van der Waals surface area contributed by atoms with Crippen molar-refractivity contribution in [2.75, 3.05) is 13.7 Å². The summed E-state index contributed by atoms with van der Waals surface area (Å²) in [5, 5.41) is 8.61. The van der Waals surface area contributed by atoms with Crippen molar-refractivity contribution < 1.29 is 23.0 Å². The standard InChI is InChI=1S/C11H13F3O2/c1-16-10-5-4-8(3-2-6-15)7-9(10)11(12,13)14/h4-5,7,15H,2-3,6H2,1H3. The number of benzene rings is 1. The van der Waals surface area contributed by atoms with Crippen LogP contribution in [-0.4, -0.2) is 18.8 Å². The molecule has 0 saturated carbocycles. The molecular weight excluding hydrogens is 221 g/mol. The van der Waals surface area contributed by atoms with E-state index in [2.05, 4.69) is 4.74 Å². The second-order valence-electron chi connectivity index (χ2n) is 3.36. The normalized spacial score (nSPS) is 11.6. The van der Waals surface area contributed by atoms with Gasteiger partial charge >= 0.3 is 6.18 Å². The maximum absolute atomic E-state index is 12.6. The predicted octanol–water partition coefficient (Wildman–Crippen LogP) is 2.64. The summed E-state index contributed by atoms with van der Waals surface area (Å²) in [5.41, 5.74) is -0.229. The van der Waals surface area contributed by atoms with Gasteiger partial charge in [0.25, 0.3) is 0 Å². The van der Waals surface area contributed by atoms with E-state index in [1.54, 1.807) is 6.07 Å². The summed E-state index contributed by atoms with van der Waals surface area (Å²) >= 11 is 0. The zero-order chi connectivity index (χ0) is 12.2. The number of aliphatic hydroxyl groups excluding tert-OH is 1. The van der Waals surface area contributed by atoms with Gasteiger partial charge in [-0.15, -0.1) is 0 Å². The Kier molecular flexibility index (Phi) is 4.18. The van der Waals surface area contributed by atoms with Crippen LogP contribution in [0.15, 0.2) is 18.2 Å². The molecule has 0 spiro atoms. The fourth-order valence-electron chi connectivity index (χ4n) is 1.42. The number of halogens is 3. The van der Waals surface area contributed by atoms with Gasteiger partial charge in [-0.25, -0.2) is 0 Å². The summed E-state index contributed by atoms with van der Waals surface area (Å²) in [4.78, 5) is 0. The molecule has 1 N–H and O–H groups in total. The minimum absolute atomic E-state index is 0.0343. The molecule has 0 fully saturated rings. The molecule has 0 aliphatic rings. The van der Waals surface area contributed by atoms with Gasteiger partial charge in [0.15, 0.2) is 0 Å². The number of ether oxygens (including phenoxy) is 1. The average molecular weight is 234 g/mol. The molecule has 90 valence electrons. The molecule has 1 aromatic carbocycles. The van der Waals surface area contributed by atoms with Gasteiger partial charge in [-0.2, -0.15) is 13.2 Å². The summed E-state index contributed by atoms with van der Waals surface area (Å²) < 4.78 is 42.5. The molecule has 0 aliphatic carbocycles. The van der Waals surface area contributed by atoms with Crippen LogP contribution in [0.2, 0.25) is 0 Å². The van der Waals surface area contributed by atoms with Crippen LogP contribution in [0, 0.1) is 0 Å². The third kappa shape index (κ3) is 3.13. The van der Waals surface area contributed by atoms with Gasteiger partial charge in [0, 0.05) is 6.61 Å². The molecule has 1 aromatic rings. The predicted molar refractivity (Wildman–Crippen MR) is 53.4 cm³/mol. The number of aliphatic hydroxyl groups is 1. The van der Waals surface area contributed by atoms with E-state index in [1.807, 2.05) is 0 Å². The Morgan fingerprint density at radius 2 is 2.00 bits per heavy atom. The fraction of sp³-hybridized carbons (Fsp3) is 0.455. The fourth-order valence-corrected chi connectivity index (χ4v) is 1.42. The van der Waals surface area contributed by atoms with Crippen molar-refractivity contribution in [1.29, 1.82) is 0 Å². The van der Waals surface area contributed by atoms with Crippen molar-refractivity contribution in [3.05, 3.63) is 29.3 Å². The third-order valence-electron chi connectivity index (χ3n) is 2.19. The van der Waals surface area contributed by atoms with Crippen LogP contribution in [0.1, 0.15) is 17.5 Å². The Morgan fingerprint density at radius 1 is 1.31 bits per heavy atom. The van der Waals surface area contributed by atoms with E-state index < -0.39 is 11.7 Å². The minimum atomic E-state index is -4.42. The molecule has 2 nitrogen and oxygen atoms in total. The highest BCUT2D eigenvalue weighted by Crippen LogP contribution is 2.36. The Bertz CT molecular complexity index is 348. The van der Waals surface area contributed by atoms with E-state index in [9.17, 15) is 13.2 Å². The number of aryl methyl sites for hydroxylation is 1. The molecular formula is C11H13F3O2. The Labute approximate surface area is 91.7 Å². The first-order valence-corrected chi connectivity index (χ1v) is 4.84. The highest BCUT2D eigenvalue weighted by molar-refractivity contribution is 5.39. The van der Waals surface area contributed by atoms with Crippen molar-refractivity contribution in [3.8, 4) is 5.75 Å². The molecule has 0 radical (unpaired) electrons. The van der Waals surface area contributed by atoms with E-state index in [4.69, 9.17) is 5.11 Å². The number of hydrogen-bond donors (Lipinski definition) is 1. The summed E-state index contributed by atoms with van der Waals surface area (Å²) in [5.74, 6) is -0.180. The molecule has 0 unspecified atom stereocenters. The quantitative estimate of drug-likeness (QED) is 0.867. The van der Waals surface area contributed by atoms with Gasteiger partial charge < -0.3 is 9.84 Å². The molecule has 1 rings (SSSR count). The van der Waals surface area contributed by atoms with E-state index in [1.165, 1.54) is 13.2 Å². The molecule has 16 heavy (non-hydrogen) atoms. The lowest BCUT2D eigenvalue weighted by atomic mass is 10.1. The summed E-state index contributed by atoms with van der Waals surface area (Å²) in [6.45, 7) is -0.0343. The number of hydrogen-bond acceptors (Lipinski definition) is 2. The monoisotopic (exact) mass is 234 g/mol. The number of alkyl halides is 3. The van der Waals surface area contributed by atoms with Crippen molar-refractivity contribution in [1.82, 2.24) is 0 Å². The summed E-state index contributed by atoms with van der Waals surface area (Å²) in [6.07, 6.45) is -3.55. The van der Waals surface area contributed by atoms with Crippen LogP contribution in [0.4, 0.5) is 13.2 Å². The van der Waals surface area contributed by atoms with E-state index in [0.29, 0.717) is 18.4 Å². The molecule has 5 heteroatoms. The lowest BCUT2D eigenvalue weighted by molar-refractivity contribution is -0.138. The van der Waals surface area contributed by atoms with Gasteiger partial charge in [0.1, 0.15) is 5.75 Å². The van der Waals surface area contributed by atoms with Crippen LogP contribution < -0.4 is 4.74 Å². The van der Waals surface area contributed by atoms with Crippen LogP contribution >= 0.6 is 0 Å². The highest BCUT2D eigenvalue weighted by Gasteiger charge is 2.34. The van der Waals surface area contributed by atoms with E-state index in [0.717, 1.165) is 6.07 Å². The van der Waals surface area contributed by atoms with Gasteiger partial charge in [0.05, 0.1) is 12.7 Å². The Hall–Kier alpha value is -1.23. The lowest BCUT2D eigenvalue weighted by Gasteiger charge is -2.13. The third-order valence-corrected chi connectivity index (χ3v) is 2.19. The first-order chi connectivity index (χ1) is 7.49. The molecule has 0 heterocycles. The van der Waals surface area contributed by atoms with Gasteiger partial charge in [-0.1, -0.05) is 6.07 Å².